The quantitative estimate of drug-likeness (QED) is 0.827. The van der Waals surface area contributed by atoms with Gasteiger partial charge in [-0.2, -0.15) is 5.26 Å². The van der Waals surface area contributed by atoms with Gasteiger partial charge in [-0.1, -0.05) is 13.0 Å². The minimum Gasteiger partial charge on any atom is -0.474 e. The smallest absolute Gasteiger partial charge is 0.184 e. The number of hydrogen-bond donors (Lipinski definition) is 0. The van der Waals surface area contributed by atoms with E-state index in [9.17, 15) is 0 Å². The van der Waals surface area contributed by atoms with E-state index in [1.165, 1.54) is 0 Å². The first kappa shape index (κ1) is 11.1. The van der Waals surface area contributed by atoms with Crippen LogP contribution in [0.4, 0.5) is 0 Å². The first-order valence-corrected chi connectivity index (χ1v) is 5.29. The zero-order valence-electron chi connectivity index (χ0n) is 8.25. The fraction of sp³-hybridized carbons (Fsp3) is 0.364. The van der Waals surface area contributed by atoms with Gasteiger partial charge in [-0.3, -0.25) is 0 Å². The summed E-state index contributed by atoms with van der Waals surface area (Å²) in [4.78, 5) is 0. The van der Waals surface area contributed by atoms with Crippen molar-refractivity contribution in [3.8, 4) is 11.8 Å². The average molecular weight is 254 g/mol. The molecule has 0 spiro atoms. The maximum absolute atomic E-state index is 8.74. The van der Waals surface area contributed by atoms with Gasteiger partial charge in [0.25, 0.3) is 0 Å². The van der Waals surface area contributed by atoms with E-state index in [1.54, 1.807) is 0 Å². The van der Waals surface area contributed by atoms with Crippen LogP contribution in [-0.2, 0) is 0 Å². The Morgan fingerprint density at radius 3 is 2.79 bits per heavy atom. The molecule has 1 aromatic carbocycles. The molecular formula is C11H12BrNO. The van der Waals surface area contributed by atoms with E-state index < -0.39 is 0 Å². The Hall–Kier alpha value is -1.01. The van der Waals surface area contributed by atoms with Gasteiger partial charge in [0.05, 0.1) is 4.47 Å². The fourth-order valence-electron chi connectivity index (χ4n) is 1.06. The molecule has 3 heteroatoms. The van der Waals surface area contributed by atoms with Crippen LogP contribution in [0.1, 0.15) is 18.9 Å². The third-order valence-electron chi connectivity index (χ3n) is 1.87. The summed E-state index contributed by atoms with van der Waals surface area (Å²) in [5, 5.41) is 8.74. The number of aryl methyl sites for hydroxylation is 1. The highest BCUT2D eigenvalue weighted by Gasteiger charge is 2.08. The molecule has 2 nitrogen and oxygen atoms in total. The highest BCUT2D eigenvalue weighted by atomic mass is 79.9. The van der Waals surface area contributed by atoms with Crippen molar-refractivity contribution in [2.45, 2.75) is 26.4 Å². The second-order valence-corrected chi connectivity index (χ2v) is 3.93. The lowest BCUT2D eigenvalue weighted by Crippen LogP contribution is -2.12. The second kappa shape index (κ2) is 5.02. The lowest BCUT2D eigenvalue weighted by molar-refractivity contribution is 0.250. The molecule has 0 aromatic heterocycles. The Morgan fingerprint density at radius 2 is 2.29 bits per heavy atom. The summed E-state index contributed by atoms with van der Waals surface area (Å²) >= 11 is 3.40. The first-order valence-electron chi connectivity index (χ1n) is 4.49. The van der Waals surface area contributed by atoms with Gasteiger partial charge in [-0.05, 0) is 47.0 Å². The third kappa shape index (κ3) is 2.74. The average Bonchev–Trinajstić information content (AvgIpc) is 2.17. The number of rotatable bonds is 3. The van der Waals surface area contributed by atoms with Crippen LogP contribution in [0, 0.1) is 18.3 Å². The van der Waals surface area contributed by atoms with Gasteiger partial charge in [-0.15, -0.1) is 0 Å². The van der Waals surface area contributed by atoms with Crippen LogP contribution in [-0.4, -0.2) is 6.10 Å². The normalized spacial score (nSPS) is 11.9. The Kier molecular flexibility index (Phi) is 3.97. The summed E-state index contributed by atoms with van der Waals surface area (Å²) in [5.74, 6) is 0.726. The lowest BCUT2D eigenvalue weighted by Gasteiger charge is -2.11. The molecule has 0 amide bonds. The Bertz CT molecular complexity index is 357. The van der Waals surface area contributed by atoms with Gasteiger partial charge in [0.15, 0.2) is 6.10 Å². The topological polar surface area (TPSA) is 33.0 Å². The number of nitriles is 1. The van der Waals surface area contributed by atoms with E-state index in [4.69, 9.17) is 10.00 Å². The summed E-state index contributed by atoms with van der Waals surface area (Å²) in [6.45, 7) is 3.94. The van der Waals surface area contributed by atoms with E-state index in [-0.39, 0.29) is 6.10 Å². The number of benzene rings is 1. The molecule has 74 valence electrons. The van der Waals surface area contributed by atoms with E-state index in [1.807, 2.05) is 32.0 Å². The van der Waals surface area contributed by atoms with E-state index in [2.05, 4.69) is 22.0 Å². The summed E-state index contributed by atoms with van der Waals surface area (Å²) in [6, 6.07) is 7.91. The molecule has 0 aliphatic heterocycles. The van der Waals surface area contributed by atoms with Crippen molar-refractivity contribution in [3.63, 3.8) is 0 Å². The molecule has 1 aromatic rings. The summed E-state index contributed by atoms with van der Waals surface area (Å²) in [5.41, 5.74) is 1.16. The Balaban J connectivity index is 2.82. The summed E-state index contributed by atoms with van der Waals surface area (Å²) in [7, 11) is 0. The van der Waals surface area contributed by atoms with E-state index in [0.29, 0.717) is 6.42 Å². The Labute approximate surface area is 92.6 Å². The minimum absolute atomic E-state index is 0.367. The molecule has 14 heavy (non-hydrogen) atoms. The van der Waals surface area contributed by atoms with Gasteiger partial charge < -0.3 is 4.74 Å². The van der Waals surface area contributed by atoms with Crippen LogP contribution < -0.4 is 4.74 Å². The van der Waals surface area contributed by atoms with Gasteiger partial charge in [-0.25, -0.2) is 0 Å². The van der Waals surface area contributed by atoms with Crippen LogP contribution >= 0.6 is 15.9 Å². The highest BCUT2D eigenvalue weighted by molar-refractivity contribution is 9.10. The third-order valence-corrected chi connectivity index (χ3v) is 2.49. The summed E-state index contributed by atoms with van der Waals surface area (Å²) < 4.78 is 6.39. The molecule has 0 heterocycles. The predicted octanol–water partition coefficient (Wildman–Crippen LogP) is 3.44. The molecule has 1 atom stereocenters. The van der Waals surface area contributed by atoms with E-state index in [0.717, 1.165) is 15.8 Å². The highest BCUT2D eigenvalue weighted by Crippen LogP contribution is 2.26. The van der Waals surface area contributed by atoms with Crippen molar-refractivity contribution < 1.29 is 4.74 Å². The lowest BCUT2D eigenvalue weighted by atomic mass is 10.2. The molecule has 1 unspecified atom stereocenters. The van der Waals surface area contributed by atoms with Gasteiger partial charge in [0.2, 0.25) is 0 Å². The standard InChI is InChI=1S/C11H12BrNO/c1-3-9(7-13)14-11-5-4-8(2)6-10(11)12/h4-6,9H,3H2,1-2H3. The Morgan fingerprint density at radius 1 is 1.57 bits per heavy atom. The maximum atomic E-state index is 8.74. The monoisotopic (exact) mass is 253 g/mol. The second-order valence-electron chi connectivity index (χ2n) is 3.08. The largest absolute Gasteiger partial charge is 0.474 e. The molecule has 0 N–H and O–H groups in total. The fourth-order valence-corrected chi connectivity index (χ4v) is 1.64. The van der Waals surface area contributed by atoms with Crippen LogP contribution in [0.15, 0.2) is 22.7 Å². The summed E-state index contributed by atoms with van der Waals surface area (Å²) in [6.07, 6.45) is 0.325. The number of halogens is 1. The predicted molar refractivity (Wildman–Crippen MR) is 59.2 cm³/mol. The SMILES string of the molecule is CCC(C#N)Oc1ccc(C)cc1Br. The molecule has 0 radical (unpaired) electrons. The van der Waals surface area contributed by atoms with Crippen LogP contribution in [0.2, 0.25) is 0 Å². The van der Waals surface area contributed by atoms with Crippen LogP contribution in [0.25, 0.3) is 0 Å². The maximum Gasteiger partial charge on any atom is 0.184 e. The molecule has 0 aliphatic carbocycles. The molecule has 0 saturated carbocycles. The van der Waals surface area contributed by atoms with Gasteiger partial charge >= 0.3 is 0 Å². The van der Waals surface area contributed by atoms with Crippen molar-refractivity contribution in [1.82, 2.24) is 0 Å². The molecule has 0 bridgehead atoms. The zero-order valence-corrected chi connectivity index (χ0v) is 9.84. The van der Waals surface area contributed by atoms with Crippen molar-refractivity contribution >= 4 is 15.9 Å². The molecule has 0 fully saturated rings. The van der Waals surface area contributed by atoms with Gasteiger partial charge in [0.1, 0.15) is 11.8 Å². The van der Waals surface area contributed by atoms with Crippen molar-refractivity contribution in [3.05, 3.63) is 28.2 Å². The molecular weight excluding hydrogens is 242 g/mol. The number of ether oxygens (including phenoxy) is 1. The van der Waals surface area contributed by atoms with Crippen molar-refractivity contribution in [2.24, 2.45) is 0 Å². The van der Waals surface area contributed by atoms with Crippen molar-refractivity contribution in [1.29, 1.82) is 5.26 Å². The van der Waals surface area contributed by atoms with Crippen LogP contribution in [0.5, 0.6) is 5.75 Å². The first-order chi connectivity index (χ1) is 6.67. The zero-order chi connectivity index (χ0) is 10.6. The molecule has 0 saturated heterocycles. The van der Waals surface area contributed by atoms with Crippen molar-refractivity contribution in [2.75, 3.05) is 0 Å². The number of nitrogens with zero attached hydrogens (tertiary/aromatic N) is 1. The van der Waals surface area contributed by atoms with Crippen LogP contribution in [0.3, 0.4) is 0 Å². The van der Waals surface area contributed by atoms with E-state index >= 15 is 0 Å². The molecule has 0 aliphatic rings. The minimum atomic E-state index is -0.367. The number of hydrogen-bond acceptors (Lipinski definition) is 2. The van der Waals surface area contributed by atoms with Gasteiger partial charge in [0, 0.05) is 0 Å². The molecule has 1 rings (SSSR count).